The van der Waals surface area contributed by atoms with Crippen molar-refractivity contribution in [2.75, 3.05) is 39.3 Å². The van der Waals surface area contributed by atoms with Gasteiger partial charge in [-0.2, -0.15) is 0 Å². The molecule has 8 nitrogen and oxygen atoms in total. The Morgan fingerprint density at radius 1 is 0.647 bits per heavy atom. The molecule has 3 saturated heterocycles. The van der Waals surface area contributed by atoms with Crippen LogP contribution < -0.4 is 5.32 Å². The van der Waals surface area contributed by atoms with Crippen LogP contribution in [0.15, 0.2) is 91.0 Å². The number of benzene rings is 3. The maximum Gasteiger partial charge on any atom is 0.246 e. The van der Waals surface area contributed by atoms with E-state index in [4.69, 9.17) is 0 Å². The van der Waals surface area contributed by atoms with Gasteiger partial charge in [-0.1, -0.05) is 110 Å². The summed E-state index contributed by atoms with van der Waals surface area (Å²) in [5, 5.41) is 14.3. The average Bonchev–Trinajstić information content (AvgIpc) is 3.83. The Morgan fingerprint density at radius 2 is 1.22 bits per heavy atom. The van der Waals surface area contributed by atoms with Crippen molar-refractivity contribution in [2.45, 2.75) is 87.8 Å². The molecule has 1 saturated carbocycles. The number of aliphatic hydroxyl groups is 1. The van der Waals surface area contributed by atoms with Gasteiger partial charge in [-0.25, -0.2) is 0 Å². The Kier molecular flexibility index (Phi) is 11.2. The minimum atomic E-state index is -1.25. The van der Waals surface area contributed by atoms with Gasteiger partial charge in [0.15, 0.2) is 0 Å². The van der Waals surface area contributed by atoms with E-state index in [9.17, 15) is 14.7 Å². The molecule has 3 aromatic carbocycles. The molecule has 3 aromatic rings. The van der Waals surface area contributed by atoms with E-state index in [1.54, 1.807) is 9.80 Å². The van der Waals surface area contributed by atoms with Crippen LogP contribution in [0.3, 0.4) is 0 Å². The van der Waals surface area contributed by atoms with Gasteiger partial charge < -0.3 is 25.1 Å². The standard InChI is InChI=1S/C43H54N4O4/c48-37-27-39(41(50)46-26-14-24-38(46)40(49)44-28-33-17-13-25-45(30-33)29-32-15-5-1-6-16-32)47(31-37)42(51)43(34-18-7-2-8-19-34,35-20-9-3-10-21-35)36-22-11-4-12-23-36/h2-4,7-12,18-23,32-33,37-39,48H,1,5-6,13-17,24-31H2,(H,44,49)/t33-,37+,38+,39-/m0/s1. The molecule has 7 rings (SSSR count). The Morgan fingerprint density at radius 3 is 1.82 bits per heavy atom. The number of carbonyl (C=O) groups is 3. The Balaban J connectivity index is 1.09. The van der Waals surface area contributed by atoms with Crippen molar-refractivity contribution < 1.29 is 19.5 Å². The van der Waals surface area contributed by atoms with E-state index < -0.39 is 23.6 Å². The van der Waals surface area contributed by atoms with E-state index in [1.807, 2.05) is 91.0 Å². The number of β-amino-alcohol motifs (C(OH)–C–C–N with tert-alkyl or cyclic N) is 1. The largest absolute Gasteiger partial charge is 0.391 e. The van der Waals surface area contributed by atoms with E-state index in [1.165, 1.54) is 38.6 Å². The lowest BCUT2D eigenvalue weighted by Crippen LogP contribution is -2.56. The Bertz CT molecular complexity index is 1520. The number of hydrogen-bond acceptors (Lipinski definition) is 5. The number of amides is 3. The first-order valence-electron chi connectivity index (χ1n) is 19.4. The quantitative estimate of drug-likeness (QED) is 0.279. The third kappa shape index (κ3) is 7.49. The smallest absolute Gasteiger partial charge is 0.246 e. The van der Waals surface area contributed by atoms with Crippen molar-refractivity contribution in [3.63, 3.8) is 0 Å². The molecule has 270 valence electrons. The van der Waals surface area contributed by atoms with Gasteiger partial charge in [-0.15, -0.1) is 0 Å². The van der Waals surface area contributed by atoms with E-state index >= 15 is 4.79 Å². The summed E-state index contributed by atoms with van der Waals surface area (Å²) in [6.45, 7) is 4.48. The number of aliphatic hydroxyl groups excluding tert-OH is 1. The fourth-order valence-electron chi connectivity index (χ4n) is 9.50. The monoisotopic (exact) mass is 690 g/mol. The van der Waals surface area contributed by atoms with Crippen molar-refractivity contribution in [2.24, 2.45) is 11.8 Å². The van der Waals surface area contributed by atoms with Crippen molar-refractivity contribution in [1.29, 1.82) is 0 Å². The number of nitrogens with zero attached hydrogens (tertiary/aromatic N) is 3. The van der Waals surface area contributed by atoms with Gasteiger partial charge in [0.1, 0.15) is 17.5 Å². The van der Waals surface area contributed by atoms with Crippen LogP contribution in [0.2, 0.25) is 0 Å². The Labute approximate surface area is 303 Å². The summed E-state index contributed by atoms with van der Waals surface area (Å²) < 4.78 is 0. The zero-order valence-corrected chi connectivity index (χ0v) is 29.9. The van der Waals surface area contributed by atoms with E-state index in [0.717, 1.165) is 55.0 Å². The van der Waals surface area contributed by atoms with Gasteiger partial charge in [-0.3, -0.25) is 14.4 Å². The van der Waals surface area contributed by atoms with Gasteiger partial charge in [0.25, 0.3) is 0 Å². The SMILES string of the molecule is O=C(NC[C@@H]1CCCN(CC2CCCCC2)C1)[C@H]1CCCN1C(=O)[C@@H]1C[C@@H](O)CN1C(=O)C(c1ccccc1)(c1ccccc1)c1ccccc1. The zero-order chi connectivity index (χ0) is 35.2. The molecule has 0 radical (unpaired) electrons. The molecule has 8 heteroatoms. The molecule has 0 aromatic heterocycles. The number of likely N-dealkylation sites (tertiary alicyclic amines) is 3. The number of nitrogens with one attached hydrogen (secondary N) is 1. The highest BCUT2D eigenvalue weighted by molar-refractivity contribution is 6.00. The predicted octanol–water partition coefficient (Wildman–Crippen LogP) is 5.38. The maximum atomic E-state index is 15.4. The van der Waals surface area contributed by atoms with Gasteiger partial charge >= 0.3 is 0 Å². The normalized spacial score (nSPS) is 24.8. The van der Waals surface area contributed by atoms with Gasteiger partial charge in [0.05, 0.1) is 6.10 Å². The molecule has 0 unspecified atom stereocenters. The third-order valence-electron chi connectivity index (χ3n) is 12.0. The first-order valence-corrected chi connectivity index (χ1v) is 19.4. The van der Waals surface area contributed by atoms with Crippen molar-refractivity contribution in [1.82, 2.24) is 20.0 Å². The second kappa shape index (κ2) is 16.1. The fourth-order valence-corrected chi connectivity index (χ4v) is 9.50. The number of carbonyl (C=O) groups excluding carboxylic acids is 3. The highest BCUT2D eigenvalue weighted by Gasteiger charge is 2.52. The summed E-state index contributed by atoms with van der Waals surface area (Å²) in [7, 11) is 0. The highest BCUT2D eigenvalue weighted by atomic mass is 16.3. The molecule has 4 atom stereocenters. The number of piperidine rings is 1. The topological polar surface area (TPSA) is 93.2 Å². The summed E-state index contributed by atoms with van der Waals surface area (Å²) >= 11 is 0. The van der Waals surface area contributed by atoms with Gasteiger partial charge in [0.2, 0.25) is 17.7 Å². The predicted molar refractivity (Wildman–Crippen MR) is 199 cm³/mol. The van der Waals surface area contributed by atoms with Crippen LogP contribution in [-0.2, 0) is 19.8 Å². The second-order valence-corrected chi connectivity index (χ2v) is 15.4. The lowest BCUT2D eigenvalue weighted by molar-refractivity contribution is -0.147. The van der Waals surface area contributed by atoms with E-state index in [-0.39, 0.29) is 30.7 Å². The van der Waals surface area contributed by atoms with Crippen LogP contribution in [-0.4, -0.2) is 95.0 Å². The van der Waals surface area contributed by atoms with Crippen LogP contribution in [0, 0.1) is 11.8 Å². The molecule has 4 fully saturated rings. The lowest BCUT2D eigenvalue weighted by Gasteiger charge is -2.40. The molecule has 4 aliphatic rings. The first kappa shape index (κ1) is 35.4. The number of rotatable bonds is 10. The van der Waals surface area contributed by atoms with Gasteiger partial charge in [-0.05, 0) is 73.6 Å². The van der Waals surface area contributed by atoms with E-state index in [2.05, 4.69) is 10.2 Å². The van der Waals surface area contributed by atoms with Gasteiger partial charge in [0, 0.05) is 39.1 Å². The third-order valence-corrected chi connectivity index (χ3v) is 12.0. The van der Waals surface area contributed by atoms with Crippen LogP contribution in [0.1, 0.15) is 80.9 Å². The van der Waals surface area contributed by atoms with Crippen molar-refractivity contribution in [3.05, 3.63) is 108 Å². The summed E-state index contributed by atoms with van der Waals surface area (Å²) in [5.41, 5.74) is 1.12. The van der Waals surface area contributed by atoms with Crippen LogP contribution >= 0.6 is 0 Å². The van der Waals surface area contributed by atoms with Crippen LogP contribution in [0.5, 0.6) is 0 Å². The zero-order valence-electron chi connectivity index (χ0n) is 29.9. The summed E-state index contributed by atoms with van der Waals surface area (Å²) in [6, 6.07) is 27.7. The van der Waals surface area contributed by atoms with Crippen molar-refractivity contribution >= 4 is 17.7 Å². The molecule has 3 amide bonds. The Hall–Kier alpha value is -4.01. The van der Waals surface area contributed by atoms with E-state index in [0.29, 0.717) is 25.4 Å². The molecule has 51 heavy (non-hydrogen) atoms. The molecule has 1 aliphatic carbocycles. The highest BCUT2D eigenvalue weighted by Crippen LogP contribution is 2.43. The summed E-state index contributed by atoms with van der Waals surface area (Å²) in [5.74, 6) is 0.614. The minimum Gasteiger partial charge on any atom is -0.391 e. The summed E-state index contributed by atoms with van der Waals surface area (Å²) in [4.78, 5) is 49.5. The molecular weight excluding hydrogens is 636 g/mol. The van der Waals surface area contributed by atoms with Crippen molar-refractivity contribution in [3.8, 4) is 0 Å². The van der Waals surface area contributed by atoms with Crippen LogP contribution in [0.4, 0.5) is 0 Å². The molecule has 3 heterocycles. The second-order valence-electron chi connectivity index (χ2n) is 15.4. The molecular formula is C43H54N4O4. The first-order chi connectivity index (χ1) is 24.9. The lowest BCUT2D eigenvalue weighted by atomic mass is 9.68. The molecule has 0 bridgehead atoms. The maximum absolute atomic E-state index is 15.4. The van der Waals surface area contributed by atoms with Crippen LogP contribution in [0.25, 0.3) is 0 Å². The molecule has 3 aliphatic heterocycles. The molecule has 0 spiro atoms. The number of hydrogen-bond donors (Lipinski definition) is 2. The molecule has 2 N–H and O–H groups in total. The average molecular weight is 691 g/mol. The minimum absolute atomic E-state index is 0.0488. The fraction of sp³-hybridized carbons (Fsp3) is 0.512. The summed E-state index contributed by atoms with van der Waals surface area (Å²) in [6.07, 6.45) is 9.66.